The van der Waals surface area contributed by atoms with Crippen LogP contribution in [0.15, 0.2) is 12.2 Å². The van der Waals surface area contributed by atoms with Gasteiger partial charge in [-0.05, 0) is 31.8 Å². The van der Waals surface area contributed by atoms with Crippen LogP contribution in [0.5, 0.6) is 0 Å². The Labute approximate surface area is 79.0 Å². The van der Waals surface area contributed by atoms with Gasteiger partial charge in [-0.25, -0.2) is 4.79 Å². The molecule has 0 aromatic heterocycles. The number of carboxylic acid groups (broad SMARTS) is 1. The van der Waals surface area contributed by atoms with E-state index in [0.29, 0.717) is 17.9 Å². The molecular formula is C10H17NO2. The lowest BCUT2D eigenvalue weighted by Gasteiger charge is -2.12. The predicted octanol–water partition coefficient (Wildman–Crippen LogP) is 1.36. The summed E-state index contributed by atoms with van der Waals surface area (Å²) in [6.45, 7) is 8.89. The molecule has 0 aromatic carbocycles. The Morgan fingerprint density at radius 1 is 1.69 bits per heavy atom. The zero-order valence-electron chi connectivity index (χ0n) is 8.12. The van der Waals surface area contributed by atoms with Crippen molar-refractivity contribution in [2.24, 2.45) is 5.92 Å². The van der Waals surface area contributed by atoms with Crippen LogP contribution in [0.25, 0.3) is 0 Å². The first-order valence-electron chi connectivity index (χ1n) is 4.77. The summed E-state index contributed by atoms with van der Waals surface area (Å²) in [5.41, 5.74) is 0.350. The molecule has 1 N–H and O–H groups in total. The summed E-state index contributed by atoms with van der Waals surface area (Å²) in [4.78, 5) is 12.9. The van der Waals surface area contributed by atoms with Crippen molar-refractivity contribution in [1.29, 1.82) is 0 Å². The van der Waals surface area contributed by atoms with Gasteiger partial charge in [0.05, 0.1) is 0 Å². The number of hydrogen-bond donors (Lipinski definition) is 1. The molecule has 0 spiro atoms. The first kappa shape index (κ1) is 10.3. The van der Waals surface area contributed by atoms with Gasteiger partial charge in [0, 0.05) is 12.1 Å². The van der Waals surface area contributed by atoms with Crippen LogP contribution in [0.1, 0.15) is 19.8 Å². The number of carboxylic acids is 1. The standard InChI is InChI=1S/C10H17NO2/c1-3-11-5-4-9(7-11)6-8(2)10(12)13/h9H,2-7H2,1H3,(H,12,13). The molecule has 0 bridgehead atoms. The van der Waals surface area contributed by atoms with Crippen molar-refractivity contribution in [1.82, 2.24) is 4.90 Å². The van der Waals surface area contributed by atoms with Gasteiger partial charge < -0.3 is 10.0 Å². The van der Waals surface area contributed by atoms with Gasteiger partial charge in [-0.3, -0.25) is 0 Å². The molecule has 1 rings (SSSR count). The van der Waals surface area contributed by atoms with Crippen molar-refractivity contribution in [2.75, 3.05) is 19.6 Å². The lowest BCUT2D eigenvalue weighted by molar-refractivity contribution is -0.132. The third-order valence-electron chi connectivity index (χ3n) is 2.65. The second-order valence-corrected chi connectivity index (χ2v) is 3.66. The third-order valence-corrected chi connectivity index (χ3v) is 2.65. The molecule has 13 heavy (non-hydrogen) atoms. The Morgan fingerprint density at radius 2 is 2.38 bits per heavy atom. The summed E-state index contributed by atoms with van der Waals surface area (Å²) < 4.78 is 0. The molecule has 1 aliphatic heterocycles. The van der Waals surface area contributed by atoms with E-state index < -0.39 is 5.97 Å². The Hall–Kier alpha value is -0.830. The van der Waals surface area contributed by atoms with E-state index in [0.717, 1.165) is 26.1 Å². The monoisotopic (exact) mass is 183 g/mol. The quantitative estimate of drug-likeness (QED) is 0.669. The number of hydrogen-bond acceptors (Lipinski definition) is 2. The molecule has 1 fully saturated rings. The van der Waals surface area contributed by atoms with Crippen LogP contribution in [0.3, 0.4) is 0 Å². The summed E-state index contributed by atoms with van der Waals surface area (Å²) in [5, 5.41) is 8.65. The molecule has 1 aliphatic rings. The molecule has 1 atom stereocenters. The number of likely N-dealkylation sites (tertiary alicyclic amines) is 1. The smallest absolute Gasteiger partial charge is 0.330 e. The van der Waals surface area contributed by atoms with Gasteiger partial charge in [-0.2, -0.15) is 0 Å². The minimum atomic E-state index is -0.852. The van der Waals surface area contributed by atoms with Crippen molar-refractivity contribution < 1.29 is 9.90 Å². The highest BCUT2D eigenvalue weighted by molar-refractivity contribution is 5.85. The maximum Gasteiger partial charge on any atom is 0.330 e. The van der Waals surface area contributed by atoms with Gasteiger partial charge in [-0.1, -0.05) is 13.5 Å². The molecule has 3 nitrogen and oxygen atoms in total. The van der Waals surface area contributed by atoms with Gasteiger partial charge in [-0.15, -0.1) is 0 Å². The van der Waals surface area contributed by atoms with E-state index in [1.165, 1.54) is 0 Å². The minimum absolute atomic E-state index is 0.350. The van der Waals surface area contributed by atoms with Crippen LogP contribution in [0.2, 0.25) is 0 Å². The summed E-state index contributed by atoms with van der Waals surface area (Å²) in [6.07, 6.45) is 1.76. The van der Waals surface area contributed by atoms with Crippen LogP contribution in [-0.4, -0.2) is 35.6 Å². The van der Waals surface area contributed by atoms with E-state index in [-0.39, 0.29) is 0 Å². The minimum Gasteiger partial charge on any atom is -0.478 e. The summed E-state index contributed by atoms with van der Waals surface area (Å²) >= 11 is 0. The van der Waals surface area contributed by atoms with Gasteiger partial charge in [0.2, 0.25) is 0 Å². The molecule has 1 heterocycles. The lowest BCUT2D eigenvalue weighted by atomic mass is 10.00. The van der Waals surface area contributed by atoms with Crippen LogP contribution in [0.4, 0.5) is 0 Å². The molecule has 0 aromatic rings. The van der Waals surface area contributed by atoms with E-state index in [1.807, 2.05) is 0 Å². The van der Waals surface area contributed by atoms with Crippen molar-refractivity contribution in [3.05, 3.63) is 12.2 Å². The fourth-order valence-corrected chi connectivity index (χ4v) is 1.80. The molecule has 1 unspecified atom stereocenters. The van der Waals surface area contributed by atoms with Crippen LogP contribution >= 0.6 is 0 Å². The Morgan fingerprint density at radius 3 is 2.85 bits per heavy atom. The molecular weight excluding hydrogens is 166 g/mol. The normalized spacial score (nSPS) is 23.3. The zero-order valence-corrected chi connectivity index (χ0v) is 8.12. The topological polar surface area (TPSA) is 40.5 Å². The van der Waals surface area contributed by atoms with Crippen LogP contribution in [0, 0.1) is 5.92 Å². The summed E-state index contributed by atoms with van der Waals surface area (Å²) in [5.74, 6) is -0.349. The van der Waals surface area contributed by atoms with Crippen LogP contribution < -0.4 is 0 Å². The predicted molar refractivity (Wildman–Crippen MR) is 51.6 cm³/mol. The number of carbonyl (C=O) groups is 1. The highest BCUT2D eigenvalue weighted by Gasteiger charge is 2.22. The zero-order chi connectivity index (χ0) is 9.84. The highest BCUT2D eigenvalue weighted by Crippen LogP contribution is 2.22. The van der Waals surface area contributed by atoms with Crippen LogP contribution in [-0.2, 0) is 4.79 Å². The van der Waals surface area contributed by atoms with E-state index >= 15 is 0 Å². The maximum atomic E-state index is 10.5. The van der Waals surface area contributed by atoms with Crippen molar-refractivity contribution in [2.45, 2.75) is 19.8 Å². The van der Waals surface area contributed by atoms with Crippen molar-refractivity contribution >= 4 is 5.97 Å². The largest absolute Gasteiger partial charge is 0.478 e. The molecule has 0 saturated carbocycles. The molecule has 0 radical (unpaired) electrons. The van der Waals surface area contributed by atoms with Gasteiger partial charge in [0.25, 0.3) is 0 Å². The van der Waals surface area contributed by atoms with E-state index in [1.54, 1.807) is 0 Å². The lowest BCUT2D eigenvalue weighted by Crippen LogP contribution is -2.20. The summed E-state index contributed by atoms with van der Waals surface area (Å²) in [6, 6.07) is 0. The number of aliphatic carboxylic acids is 1. The van der Waals surface area contributed by atoms with Gasteiger partial charge in [0.15, 0.2) is 0 Å². The fraction of sp³-hybridized carbons (Fsp3) is 0.700. The Bertz CT molecular complexity index is 213. The van der Waals surface area contributed by atoms with E-state index in [4.69, 9.17) is 5.11 Å². The fourth-order valence-electron chi connectivity index (χ4n) is 1.80. The average Bonchev–Trinajstić information content (AvgIpc) is 2.52. The Kier molecular flexibility index (Phi) is 3.48. The van der Waals surface area contributed by atoms with Crippen molar-refractivity contribution in [3.63, 3.8) is 0 Å². The molecule has 74 valence electrons. The van der Waals surface area contributed by atoms with E-state index in [2.05, 4.69) is 18.4 Å². The van der Waals surface area contributed by atoms with E-state index in [9.17, 15) is 4.79 Å². The first-order chi connectivity index (χ1) is 6.13. The maximum absolute atomic E-state index is 10.5. The third kappa shape index (κ3) is 2.84. The average molecular weight is 183 g/mol. The molecule has 0 amide bonds. The van der Waals surface area contributed by atoms with Crippen molar-refractivity contribution in [3.8, 4) is 0 Å². The Balaban J connectivity index is 2.32. The molecule has 3 heteroatoms. The SMILES string of the molecule is C=C(CC1CCN(CC)C1)C(=O)O. The number of nitrogens with zero attached hydrogens (tertiary/aromatic N) is 1. The summed E-state index contributed by atoms with van der Waals surface area (Å²) in [7, 11) is 0. The molecule has 1 saturated heterocycles. The van der Waals surface area contributed by atoms with Gasteiger partial charge in [0.1, 0.15) is 0 Å². The highest BCUT2D eigenvalue weighted by atomic mass is 16.4. The first-order valence-corrected chi connectivity index (χ1v) is 4.77. The second kappa shape index (κ2) is 4.42. The van der Waals surface area contributed by atoms with Gasteiger partial charge >= 0.3 is 5.97 Å². The number of rotatable bonds is 4. The second-order valence-electron chi connectivity index (χ2n) is 3.66. The molecule has 0 aliphatic carbocycles.